The molecule has 27 heavy (non-hydrogen) atoms. The molecule has 0 saturated heterocycles. The first-order valence-electron chi connectivity index (χ1n) is 10.0. The average molecular weight is 376 g/mol. The van der Waals surface area contributed by atoms with E-state index in [1.54, 1.807) is 19.3 Å². The normalized spacial score (nSPS) is 15.3. The molecular formula is C22H33NO4. The van der Waals surface area contributed by atoms with Crippen LogP contribution in [-0.2, 0) is 9.53 Å². The fraction of sp³-hybridized carbons (Fsp3) is 0.591. The number of nitrogens with one attached hydrogen (secondary N) is 1. The van der Waals surface area contributed by atoms with Gasteiger partial charge in [0.05, 0.1) is 19.3 Å². The summed E-state index contributed by atoms with van der Waals surface area (Å²) in [5.41, 5.74) is 0.888. The van der Waals surface area contributed by atoms with Crippen molar-refractivity contribution < 1.29 is 19.0 Å². The highest BCUT2D eigenvalue weighted by Gasteiger charge is 2.13. The molecule has 0 unspecified atom stereocenters. The second-order valence-electron chi connectivity index (χ2n) is 7.19. The summed E-state index contributed by atoms with van der Waals surface area (Å²) in [5.74, 6) is 1.26. The highest BCUT2D eigenvalue weighted by Crippen LogP contribution is 2.29. The van der Waals surface area contributed by atoms with Crippen molar-refractivity contribution in [2.75, 3.05) is 20.3 Å². The molecule has 0 radical (unpaired) electrons. The Morgan fingerprint density at radius 2 is 2.00 bits per heavy atom. The smallest absolute Gasteiger partial charge is 0.244 e. The molecule has 1 amide bonds. The molecule has 2 rings (SSSR count). The largest absolute Gasteiger partial charge is 0.493 e. The monoisotopic (exact) mass is 375 g/mol. The van der Waals surface area contributed by atoms with Gasteiger partial charge in [0.2, 0.25) is 5.91 Å². The van der Waals surface area contributed by atoms with Crippen LogP contribution >= 0.6 is 0 Å². The van der Waals surface area contributed by atoms with Gasteiger partial charge in [-0.3, -0.25) is 4.79 Å². The highest BCUT2D eigenvalue weighted by atomic mass is 16.5. The Balaban J connectivity index is 1.70. The number of carbonyl (C=O) groups is 1. The van der Waals surface area contributed by atoms with E-state index in [9.17, 15) is 4.79 Å². The van der Waals surface area contributed by atoms with Crippen LogP contribution in [0.5, 0.6) is 11.5 Å². The van der Waals surface area contributed by atoms with Gasteiger partial charge in [-0.1, -0.05) is 25.3 Å². The minimum atomic E-state index is -0.103. The maximum Gasteiger partial charge on any atom is 0.244 e. The van der Waals surface area contributed by atoms with Crippen molar-refractivity contribution in [3.63, 3.8) is 0 Å². The van der Waals surface area contributed by atoms with Gasteiger partial charge in [0.25, 0.3) is 0 Å². The molecule has 1 fully saturated rings. The Morgan fingerprint density at radius 1 is 1.22 bits per heavy atom. The third-order valence-corrected chi connectivity index (χ3v) is 4.50. The Kier molecular flexibility index (Phi) is 9.19. The van der Waals surface area contributed by atoms with Gasteiger partial charge in [0, 0.05) is 19.2 Å². The van der Waals surface area contributed by atoms with Crippen LogP contribution in [0, 0.1) is 0 Å². The van der Waals surface area contributed by atoms with E-state index >= 15 is 0 Å². The summed E-state index contributed by atoms with van der Waals surface area (Å²) in [7, 11) is 1.61. The maximum absolute atomic E-state index is 12.0. The molecular weight excluding hydrogens is 342 g/mol. The van der Waals surface area contributed by atoms with Gasteiger partial charge < -0.3 is 19.5 Å². The lowest BCUT2D eigenvalue weighted by molar-refractivity contribution is -0.116. The zero-order valence-electron chi connectivity index (χ0n) is 16.8. The minimum absolute atomic E-state index is 0.0770. The molecule has 5 heteroatoms. The van der Waals surface area contributed by atoms with Gasteiger partial charge in [-0.25, -0.2) is 0 Å². The molecule has 5 nitrogen and oxygen atoms in total. The second kappa shape index (κ2) is 11.7. The van der Waals surface area contributed by atoms with Crippen molar-refractivity contribution in [1.82, 2.24) is 5.32 Å². The van der Waals surface area contributed by atoms with Crippen molar-refractivity contribution >= 4 is 12.0 Å². The Labute approximate surface area is 163 Å². The van der Waals surface area contributed by atoms with Crippen LogP contribution < -0.4 is 14.8 Å². The summed E-state index contributed by atoms with van der Waals surface area (Å²) in [6.07, 6.45) is 10.9. The molecule has 0 atom stereocenters. The lowest BCUT2D eigenvalue weighted by Crippen LogP contribution is -2.24. The van der Waals surface area contributed by atoms with Crippen molar-refractivity contribution in [1.29, 1.82) is 0 Å². The number of hydrogen-bond acceptors (Lipinski definition) is 4. The van der Waals surface area contributed by atoms with E-state index in [2.05, 4.69) is 5.32 Å². The molecule has 0 spiro atoms. The summed E-state index contributed by atoms with van der Waals surface area (Å²) < 4.78 is 16.9. The Hall–Kier alpha value is -2.01. The van der Waals surface area contributed by atoms with Gasteiger partial charge >= 0.3 is 0 Å². The number of ether oxygens (including phenoxy) is 3. The fourth-order valence-corrected chi connectivity index (χ4v) is 3.14. The number of benzene rings is 1. The first-order valence-corrected chi connectivity index (χ1v) is 10.0. The molecule has 1 saturated carbocycles. The van der Waals surface area contributed by atoms with E-state index < -0.39 is 0 Å². The summed E-state index contributed by atoms with van der Waals surface area (Å²) in [4.78, 5) is 12.0. The first-order chi connectivity index (χ1) is 13.1. The average Bonchev–Trinajstić information content (AvgIpc) is 2.67. The molecule has 1 N–H and O–H groups in total. The van der Waals surface area contributed by atoms with Gasteiger partial charge in [-0.15, -0.1) is 0 Å². The lowest BCUT2D eigenvalue weighted by Gasteiger charge is -2.21. The SMILES string of the molecule is COc1cc(/C=C/C(=O)NCCCOC2CCCCC2)ccc1OC(C)C. The third kappa shape index (κ3) is 8.04. The number of methoxy groups -OCH3 is 1. The number of hydrogen-bond donors (Lipinski definition) is 1. The fourth-order valence-electron chi connectivity index (χ4n) is 3.14. The quantitative estimate of drug-likeness (QED) is 0.488. The van der Waals surface area contributed by atoms with Gasteiger partial charge in [-0.05, 0) is 56.9 Å². The Morgan fingerprint density at radius 3 is 2.70 bits per heavy atom. The van der Waals surface area contributed by atoms with E-state index in [1.807, 2.05) is 32.0 Å². The standard InChI is InChI=1S/C22H33NO4/c1-17(2)27-20-12-10-18(16-21(20)25-3)11-13-22(24)23-14-7-15-26-19-8-5-4-6-9-19/h10-13,16-17,19H,4-9,14-15H2,1-3H3,(H,23,24)/b13-11+. The number of rotatable bonds is 10. The summed E-state index contributed by atoms with van der Waals surface area (Å²) in [6, 6.07) is 5.63. The van der Waals surface area contributed by atoms with Gasteiger partial charge in [0.1, 0.15) is 0 Å². The van der Waals surface area contributed by atoms with Crippen LogP contribution in [0.4, 0.5) is 0 Å². The molecule has 1 aliphatic carbocycles. The lowest BCUT2D eigenvalue weighted by atomic mass is 9.98. The van der Waals surface area contributed by atoms with Crippen LogP contribution in [0.3, 0.4) is 0 Å². The molecule has 1 aliphatic rings. The van der Waals surface area contributed by atoms with Crippen molar-refractivity contribution in [3.05, 3.63) is 29.8 Å². The minimum Gasteiger partial charge on any atom is -0.493 e. The maximum atomic E-state index is 12.0. The third-order valence-electron chi connectivity index (χ3n) is 4.50. The van der Waals surface area contributed by atoms with Crippen molar-refractivity contribution in [2.24, 2.45) is 0 Å². The molecule has 0 aliphatic heterocycles. The zero-order chi connectivity index (χ0) is 19.5. The van der Waals surface area contributed by atoms with E-state index in [4.69, 9.17) is 14.2 Å². The molecule has 0 bridgehead atoms. The van der Waals surface area contributed by atoms with E-state index in [-0.39, 0.29) is 12.0 Å². The summed E-state index contributed by atoms with van der Waals surface area (Å²) in [5, 5.41) is 2.90. The van der Waals surface area contributed by atoms with Crippen LogP contribution in [-0.4, -0.2) is 38.4 Å². The van der Waals surface area contributed by atoms with Gasteiger partial charge in [0.15, 0.2) is 11.5 Å². The van der Waals surface area contributed by atoms with Crippen LogP contribution in [0.2, 0.25) is 0 Å². The molecule has 150 valence electrons. The van der Waals surface area contributed by atoms with Crippen LogP contribution in [0.15, 0.2) is 24.3 Å². The first kappa shape index (κ1) is 21.3. The van der Waals surface area contributed by atoms with Gasteiger partial charge in [-0.2, -0.15) is 0 Å². The molecule has 0 aromatic heterocycles. The predicted molar refractivity (Wildman–Crippen MR) is 108 cm³/mol. The Bertz CT molecular complexity index is 606. The van der Waals surface area contributed by atoms with Crippen LogP contribution in [0.1, 0.15) is 57.9 Å². The number of carbonyl (C=O) groups excluding carboxylic acids is 1. The van der Waals surface area contributed by atoms with E-state index in [0.717, 1.165) is 12.0 Å². The summed E-state index contributed by atoms with van der Waals surface area (Å²) >= 11 is 0. The second-order valence-corrected chi connectivity index (χ2v) is 7.19. The molecule has 0 heterocycles. The van der Waals surface area contributed by atoms with Crippen LogP contribution in [0.25, 0.3) is 6.08 Å². The van der Waals surface area contributed by atoms with Crippen molar-refractivity contribution in [2.45, 2.75) is 64.6 Å². The van der Waals surface area contributed by atoms with E-state index in [0.29, 0.717) is 30.8 Å². The zero-order valence-corrected chi connectivity index (χ0v) is 16.8. The topological polar surface area (TPSA) is 56.8 Å². The van der Waals surface area contributed by atoms with E-state index in [1.165, 1.54) is 32.1 Å². The highest BCUT2D eigenvalue weighted by molar-refractivity contribution is 5.91. The molecule has 1 aromatic carbocycles. The summed E-state index contributed by atoms with van der Waals surface area (Å²) in [6.45, 7) is 5.28. The molecule has 1 aromatic rings. The predicted octanol–water partition coefficient (Wildman–Crippen LogP) is 4.35. The van der Waals surface area contributed by atoms with Crippen molar-refractivity contribution in [3.8, 4) is 11.5 Å². The number of amides is 1.